The lowest BCUT2D eigenvalue weighted by atomic mass is 10.0. The molecule has 1 atom stereocenters. The average Bonchev–Trinajstić information content (AvgIpc) is 3.42. The molecule has 176 valence electrons. The highest BCUT2D eigenvalue weighted by Gasteiger charge is 2.35. The van der Waals surface area contributed by atoms with Crippen LogP contribution in [0.25, 0.3) is 0 Å². The van der Waals surface area contributed by atoms with E-state index in [1.165, 1.54) is 6.07 Å². The third-order valence-corrected chi connectivity index (χ3v) is 6.22. The van der Waals surface area contributed by atoms with Gasteiger partial charge >= 0.3 is 12.2 Å². The van der Waals surface area contributed by atoms with Crippen LogP contribution in [0.15, 0.2) is 42.6 Å². The second-order valence-electron chi connectivity index (χ2n) is 8.27. The molecule has 2 amide bonds. The van der Waals surface area contributed by atoms with Crippen molar-refractivity contribution >= 4 is 29.1 Å². The fraction of sp³-hybridized carbons (Fsp3) is 0.304. The molecule has 1 aromatic carbocycles. The highest BCUT2D eigenvalue weighted by atomic mass is 35.5. The summed E-state index contributed by atoms with van der Waals surface area (Å²) in [7, 11) is 0. The minimum atomic E-state index is -4.43. The van der Waals surface area contributed by atoms with E-state index in [1.807, 2.05) is 6.07 Å². The first-order valence-electron chi connectivity index (χ1n) is 10.7. The Hall–Kier alpha value is -3.40. The Morgan fingerprint density at radius 1 is 1.15 bits per heavy atom. The summed E-state index contributed by atoms with van der Waals surface area (Å²) in [6, 6.07) is 8.14. The third kappa shape index (κ3) is 4.13. The lowest BCUT2D eigenvalue weighted by Gasteiger charge is -2.24. The largest absolute Gasteiger partial charge is 0.416 e. The van der Waals surface area contributed by atoms with Crippen molar-refractivity contribution in [3.63, 3.8) is 0 Å². The second kappa shape index (κ2) is 8.43. The van der Waals surface area contributed by atoms with Gasteiger partial charge in [-0.05, 0) is 48.4 Å². The number of carbonyl (C=O) groups excluding carboxylic acids is 1. The maximum atomic E-state index is 13.3. The number of carbonyl (C=O) groups is 1. The Balaban J connectivity index is 1.37. The van der Waals surface area contributed by atoms with Crippen LogP contribution in [0.2, 0.25) is 5.28 Å². The predicted octanol–water partition coefficient (Wildman–Crippen LogP) is 5.22. The zero-order chi connectivity index (χ0) is 24.0. The first kappa shape index (κ1) is 22.4. The topological polar surface area (TPSA) is 74.2 Å². The number of alkyl halides is 3. The van der Waals surface area contributed by atoms with Gasteiger partial charge in [0.15, 0.2) is 0 Å². The Bertz CT molecular complexity index is 1270. The first-order valence-corrected chi connectivity index (χ1v) is 11.1. The van der Waals surface area contributed by atoms with Crippen LogP contribution in [-0.2, 0) is 25.7 Å². The molecule has 5 rings (SSSR count). The van der Waals surface area contributed by atoms with Crippen LogP contribution >= 0.6 is 11.6 Å². The van der Waals surface area contributed by atoms with Gasteiger partial charge in [-0.1, -0.05) is 12.1 Å². The predicted molar refractivity (Wildman–Crippen MR) is 120 cm³/mol. The van der Waals surface area contributed by atoms with Gasteiger partial charge in [0.1, 0.15) is 5.82 Å². The van der Waals surface area contributed by atoms with E-state index in [4.69, 9.17) is 11.6 Å². The van der Waals surface area contributed by atoms with Gasteiger partial charge in [0.2, 0.25) is 5.28 Å². The number of aromatic nitrogens is 3. The van der Waals surface area contributed by atoms with E-state index in [0.29, 0.717) is 35.6 Å². The molecular formula is C23H20ClF3N6O. The molecule has 0 spiro atoms. The van der Waals surface area contributed by atoms with E-state index in [-0.39, 0.29) is 24.4 Å². The van der Waals surface area contributed by atoms with Crippen LogP contribution in [0.3, 0.4) is 0 Å². The van der Waals surface area contributed by atoms with Crippen LogP contribution in [0.4, 0.5) is 29.5 Å². The molecule has 34 heavy (non-hydrogen) atoms. The van der Waals surface area contributed by atoms with Gasteiger partial charge in [0, 0.05) is 30.8 Å². The van der Waals surface area contributed by atoms with E-state index >= 15 is 0 Å². The number of pyridine rings is 1. The molecule has 0 saturated heterocycles. The van der Waals surface area contributed by atoms with E-state index in [2.05, 4.69) is 20.3 Å². The van der Waals surface area contributed by atoms with Crippen molar-refractivity contribution in [1.82, 2.24) is 19.9 Å². The van der Waals surface area contributed by atoms with Crippen molar-refractivity contribution in [2.24, 2.45) is 0 Å². The summed E-state index contributed by atoms with van der Waals surface area (Å²) >= 11 is 6.13. The molecule has 2 aromatic heterocycles. The number of halogens is 4. The molecule has 7 nitrogen and oxygen atoms in total. The summed E-state index contributed by atoms with van der Waals surface area (Å²) in [6.45, 7) is 2.80. The number of fused-ring (bicyclic) bond motifs is 2. The summed E-state index contributed by atoms with van der Waals surface area (Å²) in [5.74, 6) is 0.402. The number of rotatable bonds is 3. The molecule has 2 aliphatic heterocycles. The molecule has 0 aliphatic carbocycles. The second-order valence-corrected chi connectivity index (χ2v) is 8.60. The molecule has 1 N–H and O–H groups in total. The van der Waals surface area contributed by atoms with Crippen LogP contribution in [-0.4, -0.2) is 32.4 Å². The van der Waals surface area contributed by atoms with Crippen molar-refractivity contribution in [3.05, 3.63) is 76.0 Å². The van der Waals surface area contributed by atoms with Crippen LogP contribution in [0, 0.1) is 0 Å². The Morgan fingerprint density at radius 2 is 1.97 bits per heavy atom. The van der Waals surface area contributed by atoms with Crippen molar-refractivity contribution in [1.29, 1.82) is 0 Å². The number of nitrogens with zero attached hydrogens (tertiary/aromatic N) is 5. The maximum Gasteiger partial charge on any atom is 0.416 e. The Kier molecular flexibility index (Phi) is 5.55. The van der Waals surface area contributed by atoms with E-state index in [0.717, 1.165) is 23.5 Å². The highest BCUT2D eigenvalue weighted by Crippen LogP contribution is 2.35. The molecule has 0 saturated carbocycles. The van der Waals surface area contributed by atoms with Gasteiger partial charge in [-0.15, -0.1) is 0 Å². The molecule has 3 aromatic rings. The number of hydrogen-bond acceptors (Lipinski definition) is 5. The van der Waals surface area contributed by atoms with Gasteiger partial charge < -0.3 is 10.2 Å². The molecule has 11 heteroatoms. The van der Waals surface area contributed by atoms with Gasteiger partial charge in [-0.25, -0.2) is 14.8 Å². The van der Waals surface area contributed by atoms with Gasteiger partial charge in [0.25, 0.3) is 0 Å². The SMILES string of the molecule is C[C@@H](Nc1nc(Cl)nc2c1CN(C(=O)N1CCc3ncccc31)C2)c1cccc(C(F)(F)F)c1. The van der Waals surface area contributed by atoms with Gasteiger partial charge in [0.05, 0.1) is 35.7 Å². The number of benzene rings is 1. The standard InChI is InChI=1S/C23H20ClF3N6O/c1-13(14-4-2-5-15(10-14)23(25,26)27)29-20-16-11-32(12-18(16)30-21(24)31-20)22(34)33-9-7-17-19(33)6-3-8-28-17/h2-6,8,10,13H,7,9,11-12H2,1H3,(H,29,30,31)/t13-/m1/s1. The van der Waals surface area contributed by atoms with Gasteiger partial charge in [-0.2, -0.15) is 13.2 Å². The van der Waals surface area contributed by atoms with Crippen molar-refractivity contribution in [2.75, 3.05) is 16.8 Å². The maximum absolute atomic E-state index is 13.3. The lowest BCUT2D eigenvalue weighted by molar-refractivity contribution is -0.137. The summed E-state index contributed by atoms with van der Waals surface area (Å²) in [4.78, 5) is 29.5. The molecule has 0 bridgehead atoms. The van der Waals surface area contributed by atoms with Crippen molar-refractivity contribution < 1.29 is 18.0 Å². The number of amides is 2. The van der Waals surface area contributed by atoms with E-state index in [9.17, 15) is 18.0 Å². The molecule has 0 radical (unpaired) electrons. The normalized spacial score (nSPS) is 15.8. The number of hydrogen-bond donors (Lipinski definition) is 1. The Morgan fingerprint density at radius 3 is 2.76 bits per heavy atom. The van der Waals surface area contributed by atoms with Crippen molar-refractivity contribution in [3.8, 4) is 0 Å². The summed E-state index contributed by atoms with van der Waals surface area (Å²) in [5.41, 5.74) is 2.71. The average molecular weight is 489 g/mol. The number of urea groups is 1. The summed E-state index contributed by atoms with van der Waals surface area (Å²) < 4.78 is 39.4. The molecule has 0 fully saturated rings. The third-order valence-electron chi connectivity index (χ3n) is 6.05. The number of nitrogens with one attached hydrogen (secondary N) is 1. The van der Waals surface area contributed by atoms with Crippen LogP contribution < -0.4 is 10.2 Å². The highest BCUT2D eigenvalue weighted by molar-refractivity contribution is 6.28. The zero-order valence-corrected chi connectivity index (χ0v) is 18.9. The van der Waals surface area contributed by atoms with E-state index < -0.39 is 17.8 Å². The van der Waals surface area contributed by atoms with Crippen molar-refractivity contribution in [2.45, 2.75) is 38.7 Å². The number of anilines is 2. The van der Waals surface area contributed by atoms with E-state index in [1.54, 1.807) is 35.1 Å². The monoisotopic (exact) mass is 488 g/mol. The Labute approximate surface area is 198 Å². The minimum absolute atomic E-state index is 0.00232. The molecule has 4 heterocycles. The summed E-state index contributed by atoms with van der Waals surface area (Å²) in [5, 5.41) is 3.16. The fourth-order valence-electron chi connectivity index (χ4n) is 4.33. The van der Waals surface area contributed by atoms with Crippen LogP contribution in [0.1, 0.15) is 41.0 Å². The van der Waals surface area contributed by atoms with Gasteiger partial charge in [-0.3, -0.25) is 9.88 Å². The zero-order valence-electron chi connectivity index (χ0n) is 18.1. The quantitative estimate of drug-likeness (QED) is 0.512. The smallest absolute Gasteiger partial charge is 0.363 e. The molecule has 2 aliphatic rings. The summed E-state index contributed by atoms with van der Waals surface area (Å²) in [6.07, 6.45) is -2.03. The van der Waals surface area contributed by atoms with Crippen LogP contribution in [0.5, 0.6) is 0 Å². The minimum Gasteiger partial charge on any atom is -0.363 e. The molecule has 0 unspecified atom stereocenters. The first-order chi connectivity index (χ1) is 16.2. The fourth-order valence-corrected chi connectivity index (χ4v) is 4.51. The molecular weight excluding hydrogens is 469 g/mol. The lowest BCUT2D eigenvalue weighted by Crippen LogP contribution is -2.39.